The molecule has 0 radical (unpaired) electrons. The van der Waals surface area contributed by atoms with Gasteiger partial charge in [0.05, 0.1) is 0 Å². The van der Waals surface area contributed by atoms with Gasteiger partial charge in [-0.2, -0.15) is 12.8 Å². The van der Waals surface area contributed by atoms with Gasteiger partial charge in [0.15, 0.2) is 16.5 Å². The van der Waals surface area contributed by atoms with Crippen molar-refractivity contribution in [3.63, 3.8) is 0 Å². The van der Waals surface area contributed by atoms with Crippen molar-refractivity contribution in [2.45, 2.75) is 4.90 Å². The quantitative estimate of drug-likeness (QED) is 0.494. The lowest BCUT2D eigenvalue weighted by molar-refractivity contribution is -0.0138. The Bertz CT molecular complexity index is 626. The minimum absolute atomic E-state index is 1.91. The Balaban J connectivity index is 3.96. The summed E-state index contributed by atoms with van der Waals surface area (Å²) in [7, 11) is -5.60. The zero-order valence-electron chi connectivity index (χ0n) is 7.95. The lowest BCUT2D eigenvalue weighted by atomic mass is 10.1. The fourth-order valence-corrected chi connectivity index (χ4v) is 1.75. The van der Waals surface area contributed by atoms with Gasteiger partial charge in [0.2, 0.25) is 11.6 Å². The number of rotatable bonds is 3. The van der Waals surface area contributed by atoms with Gasteiger partial charge in [-0.25, -0.2) is 13.6 Å². The molecule has 0 amide bonds. The lowest BCUT2D eigenvalue weighted by Gasteiger charge is -2.08. The Morgan fingerprint density at radius 1 is 1.11 bits per heavy atom. The summed E-state index contributed by atoms with van der Waals surface area (Å²) in [5, 5.41) is 8.43. The van der Waals surface area contributed by atoms with E-state index in [1.807, 2.05) is 0 Å². The van der Waals surface area contributed by atoms with E-state index in [1.165, 1.54) is 0 Å². The molecule has 18 heavy (non-hydrogen) atoms. The normalized spacial score (nSPS) is 11.4. The van der Waals surface area contributed by atoms with Crippen molar-refractivity contribution < 1.29 is 45.5 Å². The van der Waals surface area contributed by atoms with Crippen LogP contribution in [0.25, 0.3) is 0 Å². The Morgan fingerprint density at radius 2 is 1.61 bits per heavy atom. The standard InChI is InChI=1S/C7H2F4O6S/c8-2-1(7(12)13)5(17-11)3(9)4(10)6(2)18(14,15)16/h(H,12,13)(H,14,15,16). The minimum Gasteiger partial charge on any atom is -0.477 e. The first-order valence-corrected chi connectivity index (χ1v) is 5.26. The van der Waals surface area contributed by atoms with E-state index in [0.29, 0.717) is 0 Å². The third-order valence-electron chi connectivity index (χ3n) is 1.79. The predicted molar refractivity (Wildman–Crippen MR) is 44.8 cm³/mol. The molecule has 0 heterocycles. The van der Waals surface area contributed by atoms with Crippen molar-refractivity contribution in [2.24, 2.45) is 0 Å². The fraction of sp³-hybridized carbons (Fsp3) is 0. The smallest absolute Gasteiger partial charge is 0.342 e. The molecule has 6 nitrogen and oxygen atoms in total. The van der Waals surface area contributed by atoms with E-state index in [0.717, 1.165) is 0 Å². The highest BCUT2D eigenvalue weighted by atomic mass is 32.2. The van der Waals surface area contributed by atoms with Crippen LogP contribution in [-0.4, -0.2) is 24.0 Å². The number of carboxylic acids is 1. The maximum atomic E-state index is 13.3. The fourth-order valence-electron chi connectivity index (χ4n) is 1.11. The first-order valence-electron chi connectivity index (χ1n) is 3.82. The van der Waals surface area contributed by atoms with Crippen LogP contribution in [-0.2, 0) is 10.1 Å². The van der Waals surface area contributed by atoms with E-state index in [-0.39, 0.29) is 0 Å². The van der Waals surface area contributed by atoms with Crippen LogP contribution >= 0.6 is 0 Å². The molecule has 0 fully saturated rings. The monoisotopic (exact) mass is 290 g/mol. The van der Waals surface area contributed by atoms with Crippen molar-refractivity contribution in [2.75, 3.05) is 0 Å². The summed E-state index contributed by atoms with van der Waals surface area (Å²) in [4.78, 5) is 10.9. The molecule has 1 aromatic carbocycles. The molecule has 0 unspecified atom stereocenters. The van der Waals surface area contributed by atoms with E-state index in [4.69, 9.17) is 9.66 Å². The molecule has 0 spiro atoms. The number of carbonyl (C=O) groups is 1. The molecule has 1 rings (SSSR count). The van der Waals surface area contributed by atoms with Crippen LogP contribution in [0.2, 0.25) is 0 Å². The molecule has 0 saturated carbocycles. The van der Waals surface area contributed by atoms with E-state index in [1.54, 1.807) is 0 Å². The first kappa shape index (κ1) is 14.2. The molecule has 0 atom stereocenters. The maximum Gasteiger partial charge on any atom is 0.342 e. The highest BCUT2D eigenvalue weighted by Gasteiger charge is 2.36. The van der Waals surface area contributed by atoms with Crippen LogP contribution in [0.4, 0.5) is 17.7 Å². The van der Waals surface area contributed by atoms with Crippen LogP contribution in [0.3, 0.4) is 0 Å². The van der Waals surface area contributed by atoms with Crippen LogP contribution in [0.1, 0.15) is 10.4 Å². The average Bonchev–Trinajstić information content (AvgIpc) is 2.20. The summed E-state index contributed by atoms with van der Waals surface area (Å²) >= 11 is 0. The lowest BCUT2D eigenvalue weighted by Crippen LogP contribution is -2.14. The summed E-state index contributed by atoms with van der Waals surface area (Å²) in [5.74, 6) is -11.6. The molecule has 0 aliphatic heterocycles. The Morgan fingerprint density at radius 3 is 1.94 bits per heavy atom. The van der Waals surface area contributed by atoms with Crippen molar-refractivity contribution in [3.05, 3.63) is 23.0 Å². The Labute approximate surface area is 96.1 Å². The van der Waals surface area contributed by atoms with Gasteiger partial charge in [-0.1, -0.05) is 0 Å². The van der Waals surface area contributed by atoms with Gasteiger partial charge in [-0.3, -0.25) is 9.49 Å². The van der Waals surface area contributed by atoms with Gasteiger partial charge in [-0.15, -0.1) is 0 Å². The van der Waals surface area contributed by atoms with Crippen molar-refractivity contribution in [3.8, 4) is 5.75 Å². The number of benzene rings is 1. The summed E-state index contributed by atoms with van der Waals surface area (Å²) in [6.45, 7) is 0. The van der Waals surface area contributed by atoms with E-state index in [9.17, 15) is 30.9 Å². The number of aromatic carboxylic acids is 1. The summed E-state index contributed by atoms with van der Waals surface area (Å²) in [5.41, 5.74) is -1.91. The van der Waals surface area contributed by atoms with E-state index < -0.39 is 49.7 Å². The number of halogens is 4. The van der Waals surface area contributed by atoms with Crippen LogP contribution in [0.15, 0.2) is 4.90 Å². The first-order chi connectivity index (χ1) is 8.12. The second-order valence-corrected chi connectivity index (χ2v) is 4.19. The van der Waals surface area contributed by atoms with Gasteiger partial charge in [0.25, 0.3) is 0 Å². The second-order valence-electron chi connectivity index (χ2n) is 2.83. The Hall–Kier alpha value is -1.88. The third-order valence-corrected chi connectivity index (χ3v) is 2.66. The maximum absolute atomic E-state index is 13.3. The van der Waals surface area contributed by atoms with Crippen LogP contribution in [0.5, 0.6) is 5.75 Å². The number of carboxylic acid groups (broad SMARTS) is 1. The molecule has 0 aliphatic carbocycles. The molecule has 0 saturated heterocycles. The van der Waals surface area contributed by atoms with Gasteiger partial charge in [0.1, 0.15) is 5.56 Å². The van der Waals surface area contributed by atoms with Crippen molar-refractivity contribution in [1.82, 2.24) is 0 Å². The molecule has 100 valence electrons. The van der Waals surface area contributed by atoms with Crippen molar-refractivity contribution >= 4 is 16.1 Å². The predicted octanol–water partition coefficient (Wildman–Crippen LogP) is 1.31. The molecular weight excluding hydrogens is 288 g/mol. The van der Waals surface area contributed by atoms with Gasteiger partial charge in [0, 0.05) is 4.53 Å². The van der Waals surface area contributed by atoms with Gasteiger partial charge < -0.3 is 5.11 Å². The minimum atomic E-state index is -5.60. The van der Waals surface area contributed by atoms with E-state index in [2.05, 4.69) is 4.94 Å². The summed E-state index contributed by atoms with van der Waals surface area (Å²) in [6, 6.07) is 0. The largest absolute Gasteiger partial charge is 0.477 e. The van der Waals surface area contributed by atoms with E-state index >= 15 is 0 Å². The van der Waals surface area contributed by atoms with Crippen molar-refractivity contribution in [1.29, 1.82) is 0 Å². The molecular formula is C7H2F4O6S. The highest BCUT2D eigenvalue weighted by molar-refractivity contribution is 7.85. The molecule has 1 aromatic rings. The number of hydrogen-bond acceptors (Lipinski definition) is 4. The van der Waals surface area contributed by atoms with Gasteiger partial charge in [-0.05, 0) is 0 Å². The third kappa shape index (κ3) is 2.09. The molecule has 0 bridgehead atoms. The zero-order chi connectivity index (χ0) is 14.2. The van der Waals surface area contributed by atoms with Crippen LogP contribution < -0.4 is 4.94 Å². The SMILES string of the molecule is O=C(O)c1c(F)c(S(=O)(=O)O)c(F)c(F)c1OF. The van der Waals surface area contributed by atoms with Gasteiger partial charge >= 0.3 is 16.1 Å². The molecule has 2 N–H and O–H groups in total. The topological polar surface area (TPSA) is 101 Å². The number of hydrogen-bond donors (Lipinski definition) is 2. The second kappa shape index (κ2) is 4.42. The Kier molecular flexibility index (Phi) is 3.48. The summed E-state index contributed by atoms with van der Waals surface area (Å²) < 4.78 is 80.9. The molecule has 0 aliphatic rings. The average molecular weight is 290 g/mol. The summed E-state index contributed by atoms with van der Waals surface area (Å²) in [6.07, 6.45) is 0. The molecule has 11 heteroatoms. The van der Waals surface area contributed by atoms with Crippen LogP contribution in [0, 0.1) is 17.5 Å². The highest BCUT2D eigenvalue weighted by Crippen LogP contribution is 2.33. The molecule has 0 aromatic heterocycles. The zero-order valence-corrected chi connectivity index (χ0v) is 8.76.